The monoisotopic (exact) mass is 432 g/mol. The molecule has 3 rings (SSSR count). The maximum absolute atomic E-state index is 14.5. The van der Waals surface area contributed by atoms with Crippen molar-refractivity contribution in [3.05, 3.63) is 24.0 Å². The van der Waals surface area contributed by atoms with Crippen molar-refractivity contribution in [3.8, 4) is 0 Å². The Bertz CT molecular complexity index is 786. The fraction of sp³-hybridized carbons (Fsp3) is 0.579. The first-order chi connectivity index (χ1) is 14.2. The van der Waals surface area contributed by atoms with Gasteiger partial charge in [0.15, 0.2) is 0 Å². The molecule has 1 aromatic rings. The average molecular weight is 432 g/mol. The van der Waals surface area contributed by atoms with Crippen molar-refractivity contribution in [3.63, 3.8) is 0 Å². The van der Waals surface area contributed by atoms with Crippen molar-refractivity contribution in [2.45, 2.75) is 25.1 Å². The van der Waals surface area contributed by atoms with Gasteiger partial charge in [-0.1, -0.05) is 0 Å². The van der Waals surface area contributed by atoms with Crippen LogP contribution in [0.4, 0.5) is 28.9 Å². The zero-order valence-corrected chi connectivity index (χ0v) is 16.3. The van der Waals surface area contributed by atoms with Gasteiger partial charge in [-0.05, 0) is 37.0 Å². The summed E-state index contributed by atoms with van der Waals surface area (Å²) in [5.41, 5.74) is 5.71. The quantitative estimate of drug-likeness (QED) is 0.611. The molecule has 0 bridgehead atoms. The number of hydrogen-bond acceptors (Lipinski definition) is 5. The lowest BCUT2D eigenvalue weighted by atomic mass is 10.1. The standard InChI is InChI=1S/C19H24F4N4O3/c20-14-7-13(27-5-6-30-10-17(27)28)3-4-15(14)25-18(29)16(8-24)26(9-12-1-2-12)11-19(21,22)23/h3-4,7,12,16H,1-2,5-6,8-11,24H2,(H,25,29)/t16-/m1/s1. The number of rotatable bonds is 8. The Morgan fingerprint density at radius 1 is 1.37 bits per heavy atom. The van der Waals surface area contributed by atoms with Crippen molar-refractivity contribution in [2.24, 2.45) is 11.7 Å². The maximum atomic E-state index is 14.5. The van der Waals surface area contributed by atoms with Crippen molar-refractivity contribution in [2.75, 3.05) is 49.6 Å². The summed E-state index contributed by atoms with van der Waals surface area (Å²) in [7, 11) is 0. The van der Waals surface area contributed by atoms with Crippen molar-refractivity contribution in [1.82, 2.24) is 4.90 Å². The lowest BCUT2D eigenvalue weighted by molar-refractivity contribution is -0.154. The van der Waals surface area contributed by atoms with Crippen LogP contribution in [0.2, 0.25) is 0 Å². The second kappa shape index (κ2) is 9.27. The van der Waals surface area contributed by atoms with E-state index < -0.39 is 30.5 Å². The van der Waals surface area contributed by atoms with Gasteiger partial charge in [0, 0.05) is 25.3 Å². The Balaban J connectivity index is 1.71. The minimum absolute atomic E-state index is 0.103. The smallest absolute Gasteiger partial charge is 0.370 e. The van der Waals surface area contributed by atoms with Crippen LogP contribution in [0, 0.1) is 11.7 Å². The molecule has 7 nitrogen and oxygen atoms in total. The number of halogens is 4. The predicted molar refractivity (Wildman–Crippen MR) is 101 cm³/mol. The highest BCUT2D eigenvalue weighted by Crippen LogP contribution is 2.32. The summed E-state index contributed by atoms with van der Waals surface area (Å²) in [5.74, 6) is -1.82. The first kappa shape index (κ1) is 22.4. The molecule has 0 aromatic heterocycles. The molecule has 0 unspecified atom stereocenters. The zero-order chi connectivity index (χ0) is 21.9. The van der Waals surface area contributed by atoms with Crippen LogP contribution in [0.5, 0.6) is 0 Å². The second-order valence-electron chi connectivity index (χ2n) is 7.49. The van der Waals surface area contributed by atoms with Crippen molar-refractivity contribution >= 4 is 23.2 Å². The molecular formula is C19H24F4N4O3. The van der Waals surface area contributed by atoms with Crippen LogP contribution < -0.4 is 16.0 Å². The molecule has 1 atom stereocenters. The molecule has 1 aliphatic heterocycles. The lowest BCUT2D eigenvalue weighted by Crippen LogP contribution is -2.52. The summed E-state index contributed by atoms with van der Waals surface area (Å²) in [4.78, 5) is 26.9. The molecule has 1 aromatic carbocycles. The Morgan fingerprint density at radius 2 is 2.10 bits per heavy atom. The molecule has 2 aliphatic rings. The van der Waals surface area contributed by atoms with Crippen LogP contribution in [0.25, 0.3) is 0 Å². The van der Waals surface area contributed by atoms with Crippen LogP contribution in [0.1, 0.15) is 12.8 Å². The Kier molecular flexibility index (Phi) is 6.94. The number of morpholine rings is 1. The van der Waals surface area contributed by atoms with Crippen LogP contribution in [0.15, 0.2) is 18.2 Å². The normalized spacial score (nSPS) is 18.6. The number of hydrogen-bond donors (Lipinski definition) is 2. The van der Waals surface area contributed by atoms with Crippen molar-refractivity contribution < 1.29 is 31.9 Å². The van der Waals surface area contributed by atoms with Gasteiger partial charge in [0.05, 0.1) is 18.8 Å². The number of nitrogens with two attached hydrogens (primary N) is 1. The van der Waals surface area contributed by atoms with Gasteiger partial charge < -0.3 is 20.7 Å². The molecule has 0 radical (unpaired) electrons. The molecular weight excluding hydrogens is 408 g/mol. The third kappa shape index (κ3) is 5.89. The van der Waals surface area contributed by atoms with E-state index in [0.29, 0.717) is 12.3 Å². The average Bonchev–Trinajstić information content (AvgIpc) is 3.47. The van der Waals surface area contributed by atoms with Crippen LogP contribution >= 0.6 is 0 Å². The second-order valence-corrected chi connectivity index (χ2v) is 7.49. The summed E-state index contributed by atoms with van der Waals surface area (Å²) in [6.07, 6.45) is -2.87. The van der Waals surface area contributed by atoms with E-state index in [-0.39, 0.29) is 43.8 Å². The van der Waals surface area contributed by atoms with E-state index in [4.69, 9.17) is 10.5 Å². The number of alkyl halides is 3. The number of ether oxygens (including phenoxy) is 1. The minimum Gasteiger partial charge on any atom is -0.370 e. The van der Waals surface area contributed by atoms with E-state index in [1.807, 2.05) is 0 Å². The van der Waals surface area contributed by atoms with E-state index in [2.05, 4.69) is 5.32 Å². The highest BCUT2D eigenvalue weighted by Gasteiger charge is 2.38. The third-order valence-electron chi connectivity index (χ3n) is 5.05. The van der Waals surface area contributed by atoms with Gasteiger partial charge in [-0.3, -0.25) is 14.5 Å². The molecule has 166 valence electrons. The number of nitrogens with zero attached hydrogens (tertiary/aromatic N) is 2. The fourth-order valence-corrected chi connectivity index (χ4v) is 3.37. The number of anilines is 2. The highest BCUT2D eigenvalue weighted by molar-refractivity contribution is 5.97. The minimum atomic E-state index is -4.49. The molecule has 1 heterocycles. The third-order valence-corrected chi connectivity index (χ3v) is 5.05. The number of carbonyl (C=O) groups excluding carboxylic acids is 2. The highest BCUT2D eigenvalue weighted by atomic mass is 19.4. The van der Waals surface area contributed by atoms with Crippen LogP contribution in [-0.2, 0) is 14.3 Å². The van der Waals surface area contributed by atoms with Gasteiger partial charge >= 0.3 is 6.18 Å². The largest absolute Gasteiger partial charge is 0.401 e. The van der Waals surface area contributed by atoms with Gasteiger partial charge in [0.25, 0.3) is 5.91 Å². The van der Waals surface area contributed by atoms with E-state index >= 15 is 0 Å². The summed E-state index contributed by atoms with van der Waals surface area (Å²) >= 11 is 0. The number of benzene rings is 1. The van der Waals surface area contributed by atoms with Gasteiger partial charge in [-0.25, -0.2) is 4.39 Å². The molecule has 2 amide bonds. The topological polar surface area (TPSA) is 87.9 Å². The van der Waals surface area contributed by atoms with Gasteiger partial charge in [0.1, 0.15) is 18.5 Å². The molecule has 3 N–H and O–H groups in total. The van der Waals surface area contributed by atoms with Crippen molar-refractivity contribution in [1.29, 1.82) is 0 Å². The van der Waals surface area contributed by atoms with Crippen LogP contribution in [0.3, 0.4) is 0 Å². The summed E-state index contributed by atoms with van der Waals surface area (Å²) in [6.45, 7) is -1.01. The Labute approximate surface area is 171 Å². The van der Waals surface area contributed by atoms with Gasteiger partial charge in [0.2, 0.25) is 5.91 Å². The summed E-state index contributed by atoms with van der Waals surface area (Å²) in [6, 6.07) is 2.57. The van der Waals surface area contributed by atoms with Crippen LogP contribution in [-0.4, -0.2) is 68.3 Å². The summed E-state index contributed by atoms with van der Waals surface area (Å²) < 4.78 is 58.5. The number of nitrogens with one attached hydrogen (secondary N) is 1. The first-order valence-electron chi connectivity index (χ1n) is 9.67. The molecule has 1 saturated carbocycles. The molecule has 0 spiro atoms. The Morgan fingerprint density at radius 3 is 2.67 bits per heavy atom. The molecule has 2 fully saturated rings. The fourth-order valence-electron chi connectivity index (χ4n) is 3.37. The molecule has 1 saturated heterocycles. The van der Waals surface area contributed by atoms with E-state index in [0.717, 1.165) is 23.8 Å². The number of carbonyl (C=O) groups is 2. The first-order valence-corrected chi connectivity index (χ1v) is 9.67. The molecule has 11 heteroatoms. The van der Waals surface area contributed by atoms with Gasteiger partial charge in [-0.15, -0.1) is 0 Å². The van der Waals surface area contributed by atoms with E-state index in [9.17, 15) is 27.2 Å². The van der Waals surface area contributed by atoms with E-state index in [1.165, 1.54) is 17.0 Å². The van der Waals surface area contributed by atoms with Gasteiger partial charge in [-0.2, -0.15) is 13.2 Å². The SMILES string of the molecule is NC[C@H](C(=O)Nc1ccc(N2CCOCC2=O)cc1F)N(CC1CC1)CC(F)(F)F. The Hall–Kier alpha value is -2.24. The molecule has 1 aliphatic carbocycles. The number of amides is 2. The molecule has 30 heavy (non-hydrogen) atoms. The summed E-state index contributed by atoms with van der Waals surface area (Å²) in [5, 5.41) is 2.33. The zero-order valence-electron chi connectivity index (χ0n) is 16.3. The van der Waals surface area contributed by atoms with E-state index in [1.54, 1.807) is 0 Å². The lowest BCUT2D eigenvalue weighted by Gasteiger charge is -2.31. The maximum Gasteiger partial charge on any atom is 0.401 e. The predicted octanol–water partition coefficient (Wildman–Crippen LogP) is 1.73.